The summed E-state index contributed by atoms with van der Waals surface area (Å²) >= 11 is 1.46. The van der Waals surface area contributed by atoms with E-state index in [1.807, 2.05) is 20.8 Å². The summed E-state index contributed by atoms with van der Waals surface area (Å²) in [6.07, 6.45) is 2.23. The van der Waals surface area contributed by atoms with Crippen molar-refractivity contribution < 1.29 is 0 Å². The predicted octanol–water partition coefficient (Wildman–Crippen LogP) is 3.05. The number of allylic oxidation sites excluding steroid dienone is 1. The topological polar surface area (TPSA) is 54.9 Å². The minimum Gasteiger partial charge on any atom is -0.284 e. The lowest BCUT2D eigenvalue weighted by Gasteiger charge is -2.14. The van der Waals surface area contributed by atoms with E-state index >= 15 is 0 Å². The van der Waals surface area contributed by atoms with Crippen molar-refractivity contribution in [2.45, 2.75) is 43.7 Å². The fraction of sp³-hybridized carbons (Fsp3) is 0.294. The van der Waals surface area contributed by atoms with E-state index in [0.29, 0.717) is 23.6 Å². The highest BCUT2D eigenvalue weighted by molar-refractivity contribution is 7.99. The predicted molar refractivity (Wildman–Crippen MR) is 90.9 cm³/mol. The number of hydrogen-bond donors (Lipinski definition) is 1. The first kappa shape index (κ1) is 16.4. The zero-order valence-corrected chi connectivity index (χ0v) is 13.9. The lowest BCUT2D eigenvalue weighted by atomic mass is 10.2. The molecule has 4 nitrogen and oxygen atoms in total. The summed E-state index contributed by atoms with van der Waals surface area (Å²) in [5, 5.41) is 0.696. The second kappa shape index (κ2) is 6.83. The van der Waals surface area contributed by atoms with E-state index in [2.05, 4.69) is 29.8 Å². The van der Waals surface area contributed by atoms with Gasteiger partial charge in [0, 0.05) is 17.0 Å². The number of nitrogens with one attached hydrogen (secondary N) is 1. The van der Waals surface area contributed by atoms with Crippen molar-refractivity contribution in [3.63, 3.8) is 0 Å². The zero-order chi connectivity index (χ0) is 16.3. The Morgan fingerprint density at radius 1 is 1.23 bits per heavy atom. The van der Waals surface area contributed by atoms with Gasteiger partial charge in [0.25, 0.3) is 5.56 Å². The molecule has 0 aliphatic rings. The van der Waals surface area contributed by atoms with Gasteiger partial charge in [-0.05, 0) is 43.5 Å². The molecule has 1 N–H and O–H groups in total. The summed E-state index contributed by atoms with van der Waals surface area (Å²) in [5.74, 6) is 0. The minimum atomic E-state index is -0.394. The molecule has 0 atom stereocenters. The molecule has 0 amide bonds. The summed E-state index contributed by atoms with van der Waals surface area (Å²) in [5.41, 5.74) is 2.24. The number of aromatic nitrogens is 2. The minimum absolute atomic E-state index is 0.306. The monoisotopic (exact) mass is 316 g/mol. The third kappa shape index (κ3) is 3.42. The van der Waals surface area contributed by atoms with Gasteiger partial charge < -0.3 is 0 Å². The summed E-state index contributed by atoms with van der Waals surface area (Å²) in [7, 11) is 0. The largest absolute Gasteiger partial charge is 0.329 e. The maximum absolute atomic E-state index is 12.1. The van der Waals surface area contributed by atoms with Gasteiger partial charge in [0.1, 0.15) is 0 Å². The van der Waals surface area contributed by atoms with Crippen LogP contribution in [0.4, 0.5) is 0 Å². The van der Waals surface area contributed by atoms with Crippen LogP contribution in [0.1, 0.15) is 23.6 Å². The molecule has 5 heteroatoms. The number of aromatic amines is 1. The van der Waals surface area contributed by atoms with Crippen LogP contribution in [-0.4, -0.2) is 9.55 Å². The number of rotatable bonds is 5. The molecule has 0 saturated heterocycles. The first-order chi connectivity index (χ1) is 10.5. The summed E-state index contributed by atoms with van der Waals surface area (Å²) < 4.78 is 1.57. The Hall–Kier alpha value is -2.01. The van der Waals surface area contributed by atoms with Gasteiger partial charge in [0.15, 0.2) is 0 Å². The van der Waals surface area contributed by atoms with Gasteiger partial charge in [-0.1, -0.05) is 30.8 Å². The lowest BCUT2D eigenvalue weighted by molar-refractivity contribution is 0.645. The Morgan fingerprint density at radius 2 is 1.86 bits per heavy atom. The summed E-state index contributed by atoms with van der Waals surface area (Å²) in [4.78, 5) is 27.6. The smallest absolute Gasteiger partial charge is 0.284 e. The molecule has 0 saturated carbocycles. The molecule has 1 aromatic heterocycles. The normalized spacial score (nSPS) is 10.7. The maximum atomic E-state index is 12.1. The van der Waals surface area contributed by atoms with E-state index in [0.717, 1.165) is 16.0 Å². The van der Waals surface area contributed by atoms with Crippen molar-refractivity contribution in [3.05, 3.63) is 68.4 Å². The van der Waals surface area contributed by atoms with Gasteiger partial charge in [-0.25, -0.2) is 4.79 Å². The Labute approximate surface area is 133 Å². The molecule has 0 aliphatic heterocycles. The SMILES string of the molecule is C=CCn1c(Sc2cc(C)cc(C)c2)c(CC)c(=O)[nH]c1=O. The van der Waals surface area contributed by atoms with Crippen LogP contribution < -0.4 is 11.2 Å². The van der Waals surface area contributed by atoms with Gasteiger partial charge in [-0.3, -0.25) is 14.3 Å². The van der Waals surface area contributed by atoms with Crippen LogP contribution in [0.15, 0.2) is 50.4 Å². The second-order valence-electron chi connectivity index (χ2n) is 5.22. The molecule has 0 unspecified atom stereocenters. The van der Waals surface area contributed by atoms with Gasteiger partial charge in [-0.15, -0.1) is 6.58 Å². The van der Waals surface area contributed by atoms with Crippen molar-refractivity contribution in [2.75, 3.05) is 0 Å². The highest BCUT2D eigenvalue weighted by Gasteiger charge is 2.14. The van der Waals surface area contributed by atoms with E-state index in [1.165, 1.54) is 11.8 Å². The molecule has 2 aromatic rings. The van der Waals surface area contributed by atoms with E-state index in [4.69, 9.17) is 0 Å². The number of nitrogens with zero attached hydrogens (tertiary/aromatic N) is 1. The fourth-order valence-corrected chi connectivity index (χ4v) is 3.76. The van der Waals surface area contributed by atoms with Crippen molar-refractivity contribution >= 4 is 11.8 Å². The van der Waals surface area contributed by atoms with Crippen molar-refractivity contribution in [3.8, 4) is 0 Å². The van der Waals surface area contributed by atoms with Crippen LogP contribution in [0.3, 0.4) is 0 Å². The molecule has 0 bridgehead atoms. The first-order valence-corrected chi connectivity index (χ1v) is 8.01. The third-order valence-electron chi connectivity index (χ3n) is 3.32. The molecule has 1 aromatic carbocycles. The van der Waals surface area contributed by atoms with Crippen LogP contribution in [0.25, 0.3) is 0 Å². The molecule has 0 aliphatic carbocycles. The quantitative estimate of drug-likeness (QED) is 0.681. The summed E-state index contributed by atoms with van der Waals surface area (Å²) in [6, 6.07) is 6.21. The molecular weight excluding hydrogens is 296 g/mol. The highest BCUT2D eigenvalue weighted by Crippen LogP contribution is 2.30. The van der Waals surface area contributed by atoms with E-state index in [9.17, 15) is 9.59 Å². The Bertz CT molecular complexity index is 798. The third-order valence-corrected chi connectivity index (χ3v) is 4.45. The van der Waals surface area contributed by atoms with Crippen LogP contribution in [0.2, 0.25) is 0 Å². The van der Waals surface area contributed by atoms with Crippen molar-refractivity contribution in [1.29, 1.82) is 0 Å². The fourth-order valence-electron chi connectivity index (χ4n) is 2.42. The molecule has 0 fully saturated rings. The molecular formula is C17H20N2O2S. The van der Waals surface area contributed by atoms with E-state index in [1.54, 1.807) is 10.6 Å². The zero-order valence-electron chi connectivity index (χ0n) is 13.1. The first-order valence-electron chi connectivity index (χ1n) is 7.19. The van der Waals surface area contributed by atoms with Crippen LogP contribution in [-0.2, 0) is 13.0 Å². The van der Waals surface area contributed by atoms with Gasteiger partial charge in [0.05, 0.1) is 5.03 Å². The standard InChI is InChI=1S/C17H20N2O2S/c1-5-7-19-16(14(6-2)15(20)18-17(19)21)22-13-9-11(3)8-12(4)10-13/h5,8-10H,1,6-7H2,2-4H3,(H,18,20,21). The second-order valence-corrected chi connectivity index (χ2v) is 6.28. The molecule has 1 heterocycles. The average Bonchev–Trinajstić information content (AvgIpc) is 2.42. The number of H-pyrrole nitrogens is 1. The lowest BCUT2D eigenvalue weighted by Crippen LogP contribution is -2.33. The molecule has 0 radical (unpaired) electrons. The number of hydrogen-bond acceptors (Lipinski definition) is 3. The molecule has 116 valence electrons. The Morgan fingerprint density at radius 3 is 2.41 bits per heavy atom. The van der Waals surface area contributed by atoms with Crippen molar-refractivity contribution in [2.24, 2.45) is 0 Å². The van der Waals surface area contributed by atoms with Crippen LogP contribution >= 0.6 is 11.8 Å². The van der Waals surface area contributed by atoms with Gasteiger partial charge in [-0.2, -0.15) is 0 Å². The maximum Gasteiger partial charge on any atom is 0.329 e. The highest BCUT2D eigenvalue weighted by atomic mass is 32.2. The summed E-state index contributed by atoms with van der Waals surface area (Å²) in [6.45, 7) is 10.0. The average molecular weight is 316 g/mol. The van der Waals surface area contributed by atoms with Crippen molar-refractivity contribution in [1.82, 2.24) is 9.55 Å². The van der Waals surface area contributed by atoms with Crippen LogP contribution in [0.5, 0.6) is 0 Å². The van der Waals surface area contributed by atoms with E-state index < -0.39 is 5.69 Å². The van der Waals surface area contributed by atoms with Crippen LogP contribution in [0, 0.1) is 13.8 Å². The Balaban J connectivity index is 2.63. The molecule has 0 spiro atoms. The number of aryl methyl sites for hydroxylation is 2. The molecule has 22 heavy (non-hydrogen) atoms. The number of benzene rings is 1. The van der Waals surface area contributed by atoms with Gasteiger partial charge in [0.2, 0.25) is 0 Å². The van der Waals surface area contributed by atoms with E-state index in [-0.39, 0.29) is 5.56 Å². The molecule has 2 rings (SSSR count). The Kier molecular flexibility index (Phi) is 5.08. The van der Waals surface area contributed by atoms with Gasteiger partial charge >= 0.3 is 5.69 Å².